The van der Waals surface area contributed by atoms with Crippen molar-refractivity contribution in [2.45, 2.75) is 20.4 Å². The van der Waals surface area contributed by atoms with Crippen molar-refractivity contribution in [1.29, 1.82) is 0 Å². The minimum atomic E-state index is -3.30. The number of sulfonamides is 1. The van der Waals surface area contributed by atoms with E-state index in [-0.39, 0.29) is 5.75 Å². The van der Waals surface area contributed by atoms with Gasteiger partial charge in [0.1, 0.15) is 11.6 Å². The van der Waals surface area contributed by atoms with Crippen LogP contribution in [0.5, 0.6) is 5.75 Å². The second-order valence-corrected chi connectivity index (χ2v) is 8.50. The lowest BCUT2D eigenvalue weighted by molar-refractivity contribution is 0.0730. The quantitative estimate of drug-likeness (QED) is 0.766. The van der Waals surface area contributed by atoms with Crippen molar-refractivity contribution in [3.05, 3.63) is 35.7 Å². The molecule has 1 aromatic carbocycles. The highest BCUT2D eigenvalue weighted by atomic mass is 32.2. The second kappa shape index (κ2) is 7.77. The molecule has 0 unspecified atom stereocenters. The molecule has 1 aromatic heterocycles. The van der Waals surface area contributed by atoms with Crippen molar-refractivity contribution in [3.63, 3.8) is 0 Å². The number of aromatic nitrogens is 2. The molecule has 0 amide bonds. The number of aryl methyl sites for hydroxylation is 3. The summed E-state index contributed by atoms with van der Waals surface area (Å²) in [5, 5.41) is 0. The lowest BCUT2D eigenvalue weighted by Crippen LogP contribution is -2.42. The van der Waals surface area contributed by atoms with Crippen LogP contribution in [0.3, 0.4) is 0 Å². The van der Waals surface area contributed by atoms with E-state index >= 15 is 0 Å². The van der Waals surface area contributed by atoms with Gasteiger partial charge in [-0.1, -0.05) is 0 Å². The van der Waals surface area contributed by atoms with E-state index in [1.807, 2.05) is 36.7 Å². The molecule has 0 N–H and O–H groups in total. The molecule has 1 aliphatic rings. The van der Waals surface area contributed by atoms with Gasteiger partial charge in [0, 0.05) is 37.6 Å². The third-order valence-corrected chi connectivity index (χ3v) is 6.50. The number of nitrogens with zero attached hydrogens (tertiary/aromatic N) is 3. The van der Waals surface area contributed by atoms with Crippen LogP contribution in [0, 0.1) is 13.8 Å². The molecular formula is C18H25N3O4S. The summed E-state index contributed by atoms with van der Waals surface area (Å²) in [6.45, 7) is 6.11. The summed E-state index contributed by atoms with van der Waals surface area (Å²) in [5.41, 5.74) is 3.04. The monoisotopic (exact) mass is 379 g/mol. The Morgan fingerprint density at radius 2 is 1.92 bits per heavy atom. The Morgan fingerprint density at radius 1 is 1.19 bits per heavy atom. The summed E-state index contributed by atoms with van der Waals surface area (Å²) in [7, 11) is -1.65. The van der Waals surface area contributed by atoms with E-state index in [0.29, 0.717) is 32.8 Å². The van der Waals surface area contributed by atoms with E-state index in [0.717, 1.165) is 28.3 Å². The van der Waals surface area contributed by atoms with Crippen molar-refractivity contribution >= 4 is 10.0 Å². The Kier molecular flexibility index (Phi) is 5.64. The molecule has 0 bridgehead atoms. The van der Waals surface area contributed by atoms with Crippen molar-refractivity contribution in [2.75, 3.05) is 39.2 Å². The molecule has 0 spiro atoms. The van der Waals surface area contributed by atoms with Crippen LogP contribution in [-0.4, -0.2) is 61.4 Å². The van der Waals surface area contributed by atoms with Crippen LogP contribution in [-0.2, 0) is 21.3 Å². The zero-order chi connectivity index (χ0) is 18.7. The molecule has 0 radical (unpaired) electrons. The predicted molar refractivity (Wildman–Crippen MR) is 99.9 cm³/mol. The molecule has 7 nitrogen and oxygen atoms in total. The molecule has 26 heavy (non-hydrogen) atoms. The number of benzene rings is 1. The van der Waals surface area contributed by atoms with Gasteiger partial charge in [0.15, 0.2) is 0 Å². The number of ether oxygens (including phenoxy) is 2. The molecular weight excluding hydrogens is 354 g/mol. The van der Waals surface area contributed by atoms with Crippen LogP contribution in [0.15, 0.2) is 24.5 Å². The van der Waals surface area contributed by atoms with Crippen molar-refractivity contribution in [3.8, 4) is 17.1 Å². The van der Waals surface area contributed by atoms with Crippen molar-refractivity contribution in [1.82, 2.24) is 13.9 Å². The Morgan fingerprint density at radius 3 is 2.62 bits per heavy atom. The van der Waals surface area contributed by atoms with Gasteiger partial charge >= 0.3 is 0 Å². The van der Waals surface area contributed by atoms with E-state index in [1.165, 1.54) is 4.31 Å². The molecule has 2 aromatic rings. The van der Waals surface area contributed by atoms with Gasteiger partial charge in [-0.15, -0.1) is 0 Å². The minimum absolute atomic E-state index is 0.0462. The van der Waals surface area contributed by atoms with Gasteiger partial charge in [0.25, 0.3) is 0 Å². The Hall–Kier alpha value is -1.90. The maximum atomic E-state index is 12.6. The first kappa shape index (κ1) is 18.9. The van der Waals surface area contributed by atoms with Crippen LogP contribution >= 0.6 is 0 Å². The van der Waals surface area contributed by atoms with Gasteiger partial charge in [0.05, 0.1) is 26.1 Å². The number of methoxy groups -OCH3 is 1. The highest BCUT2D eigenvalue weighted by molar-refractivity contribution is 7.89. The molecule has 0 atom stereocenters. The van der Waals surface area contributed by atoms with E-state index in [9.17, 15) is 8.42 Å². The predicted octanol–water partition coefficient (Wildman–Crippen LogP) is 1.84. The molecule has 8 heteroatoms. The Labute approximate surface area is 154 Å². The molecule has 1 saturated heterocycles. The first-order valence-corrected chi connectivity index (χ1v) is 10.3. The molecule has 142 valence electrons. The smallest absolute Gasteiger partial charge is 0.216 e. The average Bonchev–Trinajstić information content (AvgIpc) is 3.11. The van der Waals surface area contributed by atoms with Crippen LogP contribution in [0.4, 0.5) is 0 Å². The molecule has 3 rings (SSSR count). The van der Waals surface area contributed by atoms with Gasteiger partial charge < -0.3 is 14.0 Å². The van der Waals surface area contributed by atoms with E-state index in [2.05, 4.69) is 4.98 Å². The maximum absolute atomic E-state index is 12.6. The fourth-order valence-electron chi connectivity index (χ4n) is 3.15. The van der Waals surface area contributed by atoms with Gasteiger partial charge in [-0.05, 0) is 37.1 Å². The van der Waals surface area contributed by atoms with Gasteiger partial charge in [-0.3, -0.25) is 0 Å². The molecule has 2 heterocycles. The van der Waals surface area contributed by atoms with E-state index < -0.39 is 10.0 Å². The zero-order valence-corrected chi connectivity index (χ0v) is 16.3. The maximum Gasteiger partial charge on any atom is 0.216 e. The average molecular weight is 379 g/mol. The third-order valence-electron chi connectivity index (χ3n) is 4.65. The lowest BCUT2D eigenvalue weighted by Gasteiger charge is -2.26. The summed E-state index contributed by atoms with van der Waals surface area (Å²) >= 11 is 0. The first-order chi connectivity index (χ1) is 12.4. The van der Waals surface area contributed by atoms with Crippen LogP contribution < -0.4 is 4.74 Å². The Balaban J connectivity index is 1.80. The summed E-state index contributed by atoms with van der Waals surface area (Å²) < 4.78 is 39.1. The Bertz CT molecular complexity index is 871. The first-order valence-electron chi connectivity index (χ1n) is 8.64. The largest absolute Gasteiger partial charge is 0.496 e. The standard InChI is InChI=1S/C18H25N3O4S/c1-14-13-17(24-3)15(2)12-16(14)18-19-4-5-20(18)8-11-26(22,23)21-6-9-25-10-7-21/h4-5,12-13H,6-11H2,1-3H3. The van der Waals surface area contributed by atoms with Crippen LogP contribution in [0.2, 0.25) is 0 Å². The van der Waals surface area contributed by atoms with Gasteiger partial charge in [-0.2, -0.15) is 4.31 Å². The van der Waals surface area contributed by atoms with Crippen molar-refractivity contribution < 1.29 is 17.9 Å². The zero-order valence-electron chi connectivity index (χ0n) is 15.4. The number of imidazole rings is 1. The lowest BCUT2D eigenvalue weighted by atomic mass is 10.0. The highest BCUT2D eigenvalue weighted by Crippen LogP contribution is 2.29. The molecule has 1 fully saturated rings. The summed E-state index contributed by atoms with van der Waals surface area (Å²) in [6, 6.07) is 4.01. The minimum Gasteiger partial charge on any atom is -0.496 e. The van der Waals surface area contributed by atoms with Crippen molar-refractivity contribution in [2.24, 2.45) is 0 Å². The highest BCUT2D eigenvalue weighted by Gasteiger charge is 2.24. The van der Waals surface area contributed by atoms with Crippen LogP contribution in [0.25, 0.3) is 11.4 Å². The number of morpholine rings is 1. The summed E-state index contributed by atoms with van der Waals surface area (Å²) in [5.74, 6) is 1.65. The van der Waals surface area contributed by atoms with Crippen LogP contribution in [0.1, 0.15) is 11.1 Å². The van der Waals surface area contributed by atoms with Gasteiger partial charge in [-0.25, -0.2) is 13.4 Å². The number of hydrogen-bond donors (Lipinski definition) is 0. The summed E-state index contributed by atoms with van der Waals surface area (Å²) in [4.78, 5) is 4.45. The molecule has 0 aliphatic carbocycles. The topological polar surface area (TPSA) is 73.7 Å². The number of hydrogen-bond acceptors (Lipinski definition) is 5. The normalized spacial score (nSPS) is 16.0. The number of rotatable bonds is 6. The van der Waals surface area contributed by atoms with Gasteiger partial charge in [0.2, 0.25) is 10.0 Å². The SMILES string of the molecule is COc1cc(C)c(-c2nccn2CCS(=O)(=O)N2CCOCC2)cc1C. The van der Waals surface area contributed by atoms with E-state index in [4.69, 9.17) is 9.47 Å². The fraction of sp³-hybridized carbons (Fsp3) is 0.500. The van der Waals surface area contributed by atoms with E-state index in [1.54, 1.807) is 13.3 Å². The second-order valence-electron chi connectivity index (χ2n) is 6.41. The fourth-order valence-corrected chi connectivity index (χ4v) is 4.54. The molecule has 1 aliphatic heterocycles. The molecule has 0 saturated carbocycles. The third kappa shape index (κ3) is 3.92. The summed E-state index contributed by atoms with van der Waals surface area (Å²) in [6.07, 6.45) is 3.53.